The summed E-state index contributed by atoms with van der Waals surface area (Å²) in [6.45, 7) is 0. The molecule has 36 heavy (non-hydrogen) atoms. The number of ether oxygens (including phenoxy) is 2. The fraction of sp³-hybridized carbons (Fsp3) is 0.185. The van der Waals surface area contributed by atoms with E-state index in [4.69, 9.17) is 9.47 Å². The van der Waals surface area contributed by atoms with Gasteiger partial charge in [-0.3, -0.25) is 9.59 Å². The number of anilines is 2. The molecule has 4 aromatic rings. The molecule has 1 aromatic heterocycles. The van der Waals surface area contributed by atoms with E-state index in [1.54, 1.807) is 43.2 Å². The third kappa shape index (κ3) is 3.48. The molecule has 0 spiro atoms. The summed E-state index contributed by atoms with van der Waals surface area (Å²) in [6.07, 6.45) is 0.677. The van der Waals surface area contributed by atoms with Gasteiger partial charge in [-0.05, 0) is 53.9 Å². The van der Waals surface area contributed by atoms with Gasteiger partial charge in [0.25, 0.3) is 17.8 Å². The third-order valence-electron chi connectivity index (χ3n) is 6.69. The van der Waals surface area contributed by atoms with Crippen LogP contribution in [0.4, 0.5) is 11.9 Å². The highest BCUT2D eigenvalue weighted by atomic mass is 16.5. The number of hydrogen-bond acceptors (Lipinski definition) is 7. The van der Waals surface area contributed by atoms with Crippen LogP contribution in [0.25, 0.3) is 0 Å². The number of nitrogens with one attached hydrogen (secondary N) is 1. The minimum atomic E-state index is -0.425. The number of carbonyl (C=O) groups excluding carboxylic acids is 2. The Kier molecular flexibility index (Phi) is 5.18. The van der Waals surface area contributed by atoms with E-state index in [0.717, 1.165) is 27.5 Å². The van der Waals surface area contributed by atoms with Crippen molar-refractivity contribution in [3.8, 4) is 11.5 Å². The van der Waals surface area contributed by atoms with Crippen LogP contribution in [0.2, 0.25) is 0 Å². The monoisotopic (exact) mass is 481 g/mol. The zero-order chi connectivity index (χ0) is 24.8. The third-order valence-corrected chi connectivity index (χ3v) is 6.69. The number of methoxy groups -OCH3 is 2. The van der Waals surface area contributed by atoms with Crippen molar-refractivity contribution in [1.29, 1.82) is 0 Å². The van der Waals surface area contributed by atoms with Gasteiger partial charge in [-0.15, -0.1) is 5.10 Å². The van der Waals surface area contributed by atoms with Crippen molar-refractivity contribution in [1.82, 2.24) is 14.8 Å². The van der Waals surface area contributed by atoms with E-state index in [0.29, 0.717) is 23.5 Å². The number of rotatable bonds is 5. The van der Waals surface area contributed by atoms with Gasteiger partial charge in [-0.25, -0.2) is 9.58 Å². The molecule has 6 rings (SSSR count). The van der Waals surface area contributed by atoms with Crippen molar-refractivity contribution in [3.05, 3.63) is 95.1 Å². The van der Waals surface area contributed by atoms with Crippen LogP contribution in [-0.2, 0) is 0 Å². The summed E-state index contributed by atoms with van der Waals surface area (Å²) in [5.41, 5.74) is 2.78. The number of fused-ring (bicyclic) bond motifs is 2. The van der Waals surface area contributed by atoms with Crippen LogP contribution in [0.15, 0.2) is 72.8 Å². The Hall–Kier alpha value is -4.66. The lowest BCUT2D eigenvalue weighted by atomic mass is 9.93. The van der Waals surface area contributed by atoms with Gasteiger partial charge in [0.15, 0.2) is 0 Å². The Morgan fingerprint density at radius 3 is 1.92 bits per heavy atom. The average Bonchev–Trinajstić information content (AvgIpc) is 3.46. The van der Waals surface area contributed by atoms with Gasteiger partial charge in [0, 0.05) is 0 Å². The predicted octanol–water partition coefficient (Wildman–Crippen LogP) is 4.24. The maximum atomic E-state index is 13.1. The second kappa shape index (κ2) is 8.53. The Morgan fingerprint density at radius 1 is 0.806 bits per heavy atom. The van der Waals surface area contributed by atoms with Crippen LogP contribution in [0.5, 0.6) is 11.5 Å². The normalized spacial score (nSPS) is 18.4. The van der Waals surface area contributed by atoms with Crippen LogP contribution >= 0.6 is 0 Å². The molecule has 2 aliphatic heterocycles. The zero-order valence-corrected chi connectivity index (χ0v) is 19.7. The molecule has 0 bridgehead atoms. The van der Waals surface area contributed by atoms with E-state index in [9.17, 15) is 9.59 Å². The highest BCUT2D eigenvalue weighted by Crippen LogP contribution is 2.40. The Bertz CT molecular complexity index is 1430. The van der Waals surface area contributed by atoms with Crippen molar-refractivity contribution < 1.29 is 19.1 Å². The van der Waals surface area contributed by atoms with Gasteiger partial charge in [-0.1, -0.05) is 36.4 Å². The fourth-order valence-electron chi connectivity index (χ4n) is 4.79. The van der Waals surface area contributed by atoms with Gasteiger partial charge < -0.3 is 14.8 Å². The van der Waals surface area contributed by atoms with E-state index < -0.39 is 11.8 Å². The van der Waals surface area contributed by atoms with Crippen molar-refractivity contribution in [2.45, 2.75) is 18.5 Å². The minimum Gasteiger partial charge on any atom is -0.497 e. The summed E-state index contributed by atoms with van der Waals surface area (Å²) in [7, 11) is 3.26. The van der Waals surface area contributed by atoms with Crippen LogP contribution < -0.4 is 19.7 Å². The lowest BCUT2D eigenvalue weighted by Crippen LogP contribution is -2.30. The summed E-state index contributed by atoms with van der Waals surface area (Å²) in [6, 6.07) is 22.2. The predicted molar refractivity (Wildman–Crippen MR) is 133 cm³/mol. The van der Waals surface area contributed by atoms with E-state index in [1.165, 1.54) is 0 Å². The van der Waals surface area contributed by atoms with Crippen LogP contribution in [0.3, 0.4) is 0 Å². The molecule has 0 radical (unpaired) electrons. The molecule has 2 aliphatic rings. The van der Waals surface area contributed by atoms with Crippen LogP contribution in [0.1, 0.15) is 50.3 Å². The Balaban J connectivity index is 1.41. The average molecular weight is 482 g/mol. The van der Waals surface area contributed by atoms with Crippen molar-refractivity contribution >= 4 is 23.7 Å². The van der Waals surface area contributed by atoms with Gasteiger partial charge >= 0.3 is 0 Å². The molecule has 0 fully saturated rings. The Morgan fingerprint density at radius 2 is 1.36 bits per heavy atom. The molecule has 9 nitrogen and oxygen atoms in total. The van der Waals surface area contributed by atoms with Gasteiger partial charge in [0.1, 0.15) is 11.5 Å². The number of aromatic nitrogens is 3. The first-order chi connectivity index (χ1) is 17.6. The first-order valence-corrected chi connectivity index (χ1v) is 11.6. The molecule has 0 saturated carbocycles. The molecule has 3 aromatic carbocycles. The highest BCUT2D eigenvalue weighted by molar-refractivity contribution is 6.33. The van der Waals surface area contributed by atoms with Crippen molar-refractivity contribution in [2.24, 2.45) is 0 Å². The van der Waals surface area contributed by atoms with E-state index in [2.05, 4.69) is 15.4 Å². The number of hydrogen-bond donors (Lipinski definition) is 1. The summed E-state index contributed by atoms with van der Waals surface area (Å²) in [5.74, 6) is 1.21. The smallest absolute Gasteiger partial charge is 0.268 e. The largest absolute Gasteiger partial charge is 0.497 e. The molecule has 1 N–H and O–H groups in total. The lowest BCUT2D eigenvalue weighted by Gasteiger charge is -2.31. The van der Waals surface area contributed by atoms with E-state index >= 15 is 0 Å². The number of nitrogens with zero attached hydrogens (tertiary/aromatic N) is 4. The first kappa shape index (κ1) is 21.8. The number of imide groups is 1. The van der Waals surface area contributed by atoms with Crippen LogP contribution in [0, 0.1) is 0 Å². The molecular formula is C27H23N5O4. The molecule has 2 unspecified atom stereocenters. The maximum absolute atomic E-state index is 13.1. The molecule has 2 amide bonds. The lowest BCUT2D eigenvalue weighted by molar-refractivity contribution is 0.0923. The summed E-state index contributed by atoms with van der Waals surface area (Å²) >= 11 is 0. The second-order valence-electron chi connectivity index (χ2n) is 8.67. The van der Waals surface area contributed by atoms with Gasteiger partial charge in [0.2, 0.25) is 5.95 Å². The molecular weight excluding hydrogens is 458 g/mol. The molecule has 3 heterocycles. The standard InChI is InChI=1S/C27H23N5O4/c1-35-18-11-7-16(8-12-18)22-15-23(17-9-13-19(36-2)14-10-17)32-26(28-22)29-27(30-32)31-24(33)20-5-3-4-6-21(20)25(31)34/h3-14,22-23H,15H2,1-2H3,(H,28,29,30). The molecule has 2 atom stereocenters. The first-order valence-electron chi connectivity index (χ1n) is 11.6. The summed E-state index contributed by atoms with van der Waals surface area (Å²) < 4.78 is 12.4. The van der Waals surface area contributed by atoms with Crippen molar-refractivity contribution in [3.63, 3.8) is 0 Å². The minimum absolute atomic E-state index is 0.0533. The molecule has 0 aliphatic carbocycles. The zero-order valence-electron chi connectivity index (χ0n) is 19.7. The number of benzene rings is 3. The van der Waals surface area contributed by atoms with Gasteiger partial charge in [0.05, 0.1) is 37.4 Å². The van der Waals surface area contributed by atoms with Crippen LogP contribution in [-0.4, -0.2) is 40.8 Å². The quantitative estimate of drug-likeness (QED) is 0.426. The highest BCUT2D eigenvalue weighted by Gasteiger charge is 2.40. The number of carbonyl (C=O) groups is 2. The molecule has 0 saturated heterocycles. The van der Waals surface area contributed by atoms with Gasteiger partial charge in [-0.2, -0.15) is 4.98 Å². The molecule has 9 heteroatoms. The van der Waals surface area contributed by atoms with Crippen molar-refractivity contribution in [2.75, 3.05) is 24.4 Å². The SMILES string of the molecule is COc1ccc(C2CC(c3ccc(OC)cc3)n3nc(N4C(=O)c5ccccc5C4=O)nc3N2)cc1. The summed E-state index contributed by atoms with van der Waals surface area (Å²) in [5, 5.41) is 8.09. The van der Waals surface area contributed by atoms with E-state index in [1.807, 2.05) is 48.5 Å². The molecule has 180 valence electrons. The van der Waals surface area contributed by atoms with E-state index in [-0.39, 0.29) is 18.0 Å². The summed E-state index contributed by atoms with van der Waals surface area (Å²) in [4.78, 5) is 31.8. The number of amides is 2. The maximum Gasteiger partial charge on any atom is 0.268 e. The fourth-order valence-corrected chi connectivity index (χ4v) is 4.79. The topological polar surface area (TPSA) is 98.6 Å². The second-order valence-corrected chi connectivity index (χ2v) is 8.67. The Labute approximate surface area is 207 Å².